The first-order chi connectivity index (χ1) is 13.8. The number of hydroxylamine groups is 4. The van der Waals surface area contributed by atoms with Gasteiger partial charge in [-0.25, -0.2) is 0 Å². The van der Waals surface area contributed by atoms with Crippen LogP contribution in [-0.4, -0.2) is 67.3 Å². The van der Waals surface area contributed by atoms with Gasteiger partial charge in [-0.05, 0) is 55.4 Å². The van der Waals surface area contributed by atoms with Crippen molar-refractivity contribution >= 4 is 33.6 Å². The highest BCUT2D eigenvalue weighted by Crippen LogP contribution is 2.41. The molecule has 2 aliphatic rings. The lowest BCUT2D eigenvalue weighted by Gasteiger charge is -2.38. The summed E-state index contributed by atoms with van der Waals surface area (Å²) in [6.07, 6.45) is 3.53. The minimum atomic E-state index is -0.396. The summed E-state index contributed by atoms with van der Waals surface area (Å²) in [4.78, 5) is 21.7. The molecule has 30 heavy (non-hydrogen) atoms. The molecule has 170 valence electrons. The molecule has 2 rings (SSSR count). The second-order valence-electron chi connectivity index (χ2n) is 9.40. The first kappa shape index (κ1) is 25.6. The second-order valence-corrected chi connectivity index (χ2v) is 11.6. The first-order valence-corrected chi connectivity index (χ1v) is 12.3. The number of nitrogens with zero attached hydrogens (tertiary/aromatic N) is 4. The lowest BCUT2D eigenvalue weighted by molar-refractivity contribution is -0.228. The molecular weight excluding hydrogens is 416 g/mol. The van der Waals surface area contributed by atoms with Gasteiger partial charge in [0.05, 0.1) is 34.4 Å². The Bertz CT molecular complexity index is 654. The fourth-order valence-electron chi connectivity index (χ4n) is 3.99. The van der Waals surface area contributed by atoms with Crippen molar-refractivity contribution in [3.8, 4) is 0 Å². The number of thioether (sulfide) groups is 2. The van der Waals surface area contributed by atoms with Crippen molar-refractivity contribution in [1.29, 1.82) is 0 Å². The van der Waals surface area contributed by atoms with E-state index in [0.29, 0.717) is 13.2 Å². The molecule has 0 aliphatic carbocycles. The van der Waals surface area contributed by atoms with Crippen molar-refractivity contribution in [1.82, 2.24) is 10.1 Å². The molecule has 0 N–H and O–H groups in total. The minimum Gasteiger partial charge on any atom is -0.292 e. The van der Waals surface area contributed by atoms with Crippen LogP contribution in [0.4, 0.5) is 0 Å². The molecule has 0 spiro atoms. The van der Waals surface area contributed by atoms with Crippen LogP contribution in [0.2, 0.25) is 0 Å². The maximum Gasteiger partial charge on any atom is 0.132 e. The van der Waals surface area contributed by atoms with Crippen LogP contribution >= 0.6 is 23.5 Å². The van der Waals surface area contributed by atoms with E-state index < -0.39 is 11.3 Å². The van der Waals surface area contributed by atoms with E-state index in [9.17, 15) is 0 Å². The van der Waals surface area contributed by atoms with Gasteiger partial charge in [0.25, 0.3) is 0 Å². The summed E-state index contributed by atoms with van der Waals surface area (Å²) in [5.41, 5.74) is -1.34. The Hall–Kier alpha value is -0.640. The van der Waals surface area contributed by atoms with E-state index in [1.165, 1.54) is 0 Å². The van der Waals surface area contributed by atoms with Gasteiger partial charge in [0.15, 0.2) is 0 Å². The highest BCUT2D eigenvalue weighted by Gasteiger charge is 2.50. The van der Waals surface area contributed by atoms with E-state index in [-0.39, 0.29) is 11.1 Å². The molecule has 0 radical (unpaired) electrons. The highest BCUT2D eigenvalue weighted by atomic mass is 32.2. The summed E-state index contributed by atoms with van der Waals surface area (Å²) < 4.78 is 0. The van der Waals surface area contributed by atoms with E-state index in [4.69, 9.17) is 19.7 Å². The van der Waals surface area contributed by atoms with Crippen LogP contribution in [0.3, 0.4) is 0 Å². The zero-order valence-corrected chi connectivity index (χ0v) is 21.5. The molecule has 0 aromatic heterocycles. The lowest BCUT2D eigenvalue weighted by atomic mass is 10.1. The van der Waals surface area contributed by atoms with E-state index in [2.05, 4.69) is 68.5 Å². The summed E-state index contributed by atoms with van der Waals surface area (Å²) in [6.45, 7) is 25.4. The molecule has 0 amide bonds. The predicted octanol–water partition coefficient (Wildman–Crippen LogP) is 5.15. The minimum absolute atomic E-state index is 0.274. The van der Waals surface area contributed by atoms with E-state index in [1.807, 2.05) is 10.1 Å². The molecule has 0 saturated carbocycles. The first-order valence-electron chi connectivity index (χ1n) is 10.3. The zero-order valence-electron chi connectivity index (χ0n) is 19.8. The Kier molecular flexibility index (Phi) is 8.08. The smallest absolute Gasteiger partial charge is 0.132 e. The van der Waals surface area contributed by atoms with Crippen LogP contribution in [0.5, 0.6) is 0 Å². The summed E-state index contributed by atoms with van der Waals surface area (Å²) in [6, 6.07) is 0. The van der Waals surface area contributed by atoms with Crippen LogP contribution in [0.15, 0.2) is 35.3 Å². The van der Waals surface area contributed by atoms with Gasteiger partial charge in [0.1, 0.15) is 11.3 Å². The van der Waals surface area contributed by atoms with Crippen molar-refractivity contribution in [2.45, 2.75) is 77.8 Å². The third kappa shape index (κ3) is 5.22. The van der Waals surface area contributed by atoms with Crippen molar-refractivity contribution in [2.24, 2.45) is 9.98 Å². The second kappa shape index (κ2) is 9.46. The van der Waals surface area contributed by atoms with Gasteiger partial charge in [-0.15, -0.1) is 46.8 Å². The fraction of sp³-hybridized carbons (Fsp3) is 0.727. The van der Waals surface area contributed by atoms with Gasteiger partial charge < -0.3 is 0 Å². The molecule has 0 unspecified atom stereocenters. The number of rotatable bonds is 9. The Morgan fingerprint density at radius 1 is 0.733 bits per heavy atom. The van der Waals surface area contributed by atoms with Gasteiger partial charge in [0.2, 0.25) is 0 Å². The standard InChI is InChI=1S/C22H38N4O2S2/c1-11-13-27-25-19(3,4)17(23-21(25,7)8)29-15-16-30-18-20(5,6)26(28-14-12-2)22(9,10)24-18/h11-12H,1-2,13-16H2,3-10H3. The summed E-state index contributed by atoms with van der Waals surface area (Å²) in [7, 11) is 0. The number of hydrogen-bond donors (Lipinski definition) is 0. The van der Waals surface area contributed by atoms with Gasteiger partial charge in [-0.1, -0.05) is 12.2 Å². The molecule has 2 heterocycles. The Morgan fingerprint density at radius 3 is 1.37 bits per heavy atom. The average Bonchev–Trinajstić information content (AvgIpc) is 2.90. The molecule has 0 fully saturated rings. The molecule has 0 aromatic rings. The van der Waals surface area contributed by atoms with Crippen molar-refractivity contribution < 1.29 is 9.68 Å². The molecule has 2 aliphatic heterocycles. The predicted molar refractivity (Wildman–Crippen MR) is 132 cm³/mol. The van der Waals surface area contributed by atoms with E-state index in [1.54, 1.807) is 35.7 Å². The quantitative estimate of drug-likeness (QED) is 0.355. The maximum atomic E-state index is 5.93. The maximum absolute atomic E-state index is 5.93. The van der Waals surface area contributed by atoms with Crippen LogP contribution in [0.25, 0.3) is 0 Å². The summed E-state index contributed by atoms with van der Waals surface area (Å²) in [5.74, 6) is 1.89. The van der Waals surface area contributed by atoms with Crippen LogP contribution in [0, 0.1) is 0 Å². The van der Waals surface area contributed by atoms with E-state index in [0.717, 1.165) is 21.6 Å². The summed E-state index contributed by atoms with van der Waals surface area (Å²) in [5, 5.41) is 6.17. The molecule has 0 bridgehead atoms. The molecular formula is C22H38N4O2S2. The third-order valence-corrected chi connectivity index (χ3v) is 7.81. The monoisotopic (exact) mass is 454 g/mol. The van der Waals surface area contributed by atoms with Crippen LogP contribution < -0.4 is 0 Å². The van der Waals surface area contributed by atoms with Gasteiger partial charge in [0, 0.05) is 11.5 Å². The zero-order chi connectivity index (χ0) is 22.8. The average molecular weight is 455 g/mol. The van der Waals surface area contributed by atoms with Crippen LogP contribution in [0.1, 0.15) is 55.4 Å². The fourth-order valence-corrected chi connectivity index (χ4v) is 6.49. The van der Waals surface area contributed by atoms with Crippen molar-refractivity contribution in [2.75, 3.05) is 24.7 Å². The molecule has 8 heteroatoms. The van der Waals surface area contributed by atoms with Crippen LogP contribution in [-0.2, 0) is 9.68 Å². The topological polar surface area (TPSA) is 49.7 Å². The molecule has 0 atom stereocenters. The summed E-state index contributed by atoms with van der Waals surface area (Å²) >= 11 is 3.59. The van der Waals surface area contributed by atoms with Gasteiger partial charge in [-0.3, -0.25) is 19.7 Å². The van der Waals surface area contributed by atoms with Crippen molar-refractivity contribution in [3.05, 3.63) is 25.3 Å². The lowest BCUT2D eigenvalue weighted by Crippen LogP contribution is -2.51. The molecule has 0 aromatic carbocycles. The van der Waals surface area contributed by atoms with Gasteiger partial charge >= 0.3 is 0 Å². The third-order valence-electron chi connectivity index (χ3n) is 5.01. The molecule has 6 nitrogen and oxygen atoms in total. The number of aliphatic imine (C=N–C) groups is 2. The highest BCUT2D eigenvalue weighted by molar-refractivity contribution is 8.17. The Labute approximate surface area is 191 Å². The Morgan fingerprint density at radius 2 is 1.07 bits per heavy atom. The molecule has 0 saturated heterocycles. The van der Waals surface area contributed by atoms with Gasteiger partial charge in [-0.2, -0.15) is 0 Å². The van der Waals surface area contributed by atoms with Crippen molar-refractivity contribution in [3.63, 3.8) is 0 Å². The SMILES string of the molecule is C=CCON1C(C)(C)N=C(SCCSC2=NC(C)(C)N(OCC=C)C2(C)C)C1(C)C. The number of hydrogen-bond acceptors (Lipinski definition) is 8. The Balaban J connectivity index is 1.96. The van der Waals surface area contributed by atoms with E-state index >= 15 is 0 Å². The largest absolute Gasteiger partial charge is 0.292 e. The normalized spacial score (nSPS) is 24.5.